The van der Waals surface area contributed by atoms with Crippen molar-refractivity contribution in [3.05, 3.63) is 29.8 Å². The van der Waals surface area contributed by atoms with Crippen molar-refractivity contribution in [2.45, 2.75) is 19.8 Å². The molecule has 0 aliphatic carbocycles. The number of amidine groups is 1. The predicted molar refractivity (Wildman–Crippen MR) is 76.7 cm³/mol. The highest BCUT2D eigenvalue weighted by molar-refractivity contribution is 7.99. The zero-order chi connectivity index (χ0) is 13.2. The Balaban J connectivity index is 2.31. The summed E-state index contributed by atoms with van der Waals surface area (Å²) in [5.41, 5.74) is 6.44. The second kappa shape index (κ2) is 8.69. The molecule has 0 radical (unpaired) electrons. The van der Waals surface area contributed by atoms with Gasteiger partial charge in [-0.1, -0.05) is 24.2 Å². The second-order valence-corrected chi connectivity index (χ2v) is 5.20. The highest BCUT2D eigenvalue weighted by atomic mass is 32.2. The Morgan fingerprint density at radius 3 is 2.72 bits per heavy atom. The lowest BCUT2D eigenvalue weighted by atomic mass is 10.1. The Morgan fingerprint density at radius 1 is 1.39 bits per heavy atom. The molecule has 0 saturated heterocycles. The van der Waals surface area contributed by atoms with Crippen molar-refractivity contribution in [3.63, 3.8) is 0 Å². The lowest BCUT2D eigenvalue weighted by molar-refractivity contribution is 0.317. The molecule has 0 bridgehead atoms. The van der Waals surface area contributed by atoms with E-state index in [1.165, 1.54) is 0 Å². The van der Waals surface area contributed by atoms with Gasteiger partial charge < -0.3 is 15.7 Å². The van der Waals surface area contributed by atoms with Gasteiger partial charge in [0, 0.05) is 6.42 Å². The van der Waals surface area contributed by atoms with Gasteiger partial charge >= 0.3 is 0 Å². The average Bonchev–Trinajstić information content (AvgIpc) is 2.40. The molecule has 18 heavy (non-hydrogen) atoms. The Morgan fingerprint density at radius 2 is 2.11 bits per heavy atom. The van der Waals surface area contributed by atoms with Gasteiger partial charge in [-0.3, -0.25) is 0 Å². The first-order valence-electron chi connectivity index (χ1n) is 6.02. The molecule has 0 aromatic heterocycles. The number of oxime groups is 1. The SMILES string of the molecule is CCSCCCOc1ccc(C/C(N)=N/O)cc1. The molecule has 0 spiro atoms. The van der Waals surface area contributed by atoms with Crippen LogP contribution in [-0.4, -0.2) is 29.2 Å². The van der Waals surface area contributed by atoms with Gasteiger partial charge in [0.15, 0.2) is 0 Å². The van der Waals surface area contributed by atoms with Crippen LogP contribution < -0.4 is 10.5 Å². The van der Waals surface area contributed by atoms with Crippen LogP contribution in [0.5, 0.6) is 5.75 Å². The zero-order valence-electron chi connectivity index (χ0n) is 10.6. The van der Waals surface area contributed by atoms with E-state index in [4.69, 9.17) is 15.7 Å². The summed E-state index contributed by atoms with van der Waals surface area (Å²) < 4.78 is 5.61. The fraction of sp³-hybridized carbons (Fsp3) is 0.462. The Hall–Kier alpha value is -1.36. The highest BCUT2D eigenvalue weighted by Crippen LogP contribution is 2.13. The monoisotopic (exact) mass is 268 g/mol. The molecular formula is C13H20N2O2S. The molecule has 0 fully saturated rings. The first-order chi connectivity index (χ1) is 8.76. The summed E-state index contributed by atoms with van der Waals surface area (Å²) in [6.07, 6.45) is 1.51. The van der Waals surface area contributed by atoms with E-state index in [2.05, 4.69) is 12.1 Å². The predicted octanol–water partition coefficient (Wildman–Crippen LogP) is 2.50. The van der Waals surface area contributed by atoms with E-state index in [-0.39, 0.29) is 5.84 Å². The van der Waals surface area contributed by atoms with E-state index in [0.29, 0.717) is 6.42 Å². The molecule has 0 unspecified atom stereocenters. The van der Waals surface area contributed by atoms with Crippen LogP contribution in [0.2, 0.25) is 0 Å². The number of hydrogen-bond acceptors (Lipinski definition) is 4. The lowest BCUT2D eigenvalue weighted by Crippen LogP contribution is -2.14. The Kier molecular flexibility index (Phi) is 7.10. The number of rotatable bonds is 8. The van der Waals surface area contributed by atoms with Gasteiger partial charge in [-0.15, -0.1) is 0 Å². The molecule has 1 rings (SSSR count). The van der Waals surface area contributed by atoms with Gasteiger partial charge in [-0.25, -0.2) is 0 Å². The Bertz CT molecular complexity index is 366. The minimum absolute atomic E-state index is 0.209. The first kappa shape index (κ1) is 14.7. The molecule has 4 nitrogen and oxygen atoms in total. The third kappa shape index (κ3) is 5.82. The van der Waals surface area contributed by atoms with Gasteiger partial charge in [0.2, 0.25) is 0 Å². The summed E-state index contributed by atoms with van der Waals surface area (Å²) in [4.78, 5) is 0. The fourth-order valence-electron chi connectivity index (χ4n) is 1.44. The third-order valence-corrected chi connectivity index (χ3v) is 3.33. The number of thioether (sulfide) groups is 1. The molecule has 0 atom stereocenters. The fourth-order valence-corrected chi connectivity index (χ4v) is 2.05. The second-order valence-electron chi connectivity index (χ2n) is 3.81. The molecule has 5 heteroatoms. The number of nitrogens with zero attached hydrogens (tertiary/aromatic N) is 1. The van der Waals surface area contributed by atoms with Crippen LogP contribution in [0.4, 0.5) is 0 Å². The van der Waals surface area contributed by atoms with Gasteiger partial charge in [-0.2, -0.15) is 11.8 Å². The van der Waals surface area contributed by atoms with Crippen LogP contribution in [-0.2, 0) is 6.42 Å². The van der Waals surface area contributed by atoms with E-state index in [9.17, 15) is 0 Å². The van der Waals surface area contributed by atoms with Crippen molar-refractivity contribution in [1.82, 2.24) is 0 Å². The van der Waals surface area contributed by atoms with Gasteiger partial charge in [0.05, 0.1) is 6.61 Å². The quantitative estimate of drug-likeness (QED) is 0.250. The molecule has 3 N–H and O–H groups in total. The molecule has 1 aromatic carbocycles. The zero-order valence-corrected chi connectivity index (χ0v) is 11.4. The molecule has 0 aliphatic heterocycles. The third-order valence-electron chi connectivity index (χ3n) is 2.34. The molecule has 0 heterocycles. The van der Waals surface area contributed by atoms with Gasteiger partial charge in [0.25, 0.3) is 0 Å². The van der Waals surface area contributed by atoms with Crippen molar-refractivity contribution in [1.29, 1.82) is 0 Å². The van der Waals surface area contributed by atoms with E-state index in [1.54, 1.807) is 0 Å². The summed E-state index contributed by atoms with van der Waals surface area (Å²) in [6, 6.07) is 7.67. The van der Waals surface area contributed by atoms with E-state index in [1.807, 2.05) is 36.0 Å². The lowest BCUT2D eigenvalue weighted by Gasteiger charge is -2.06. The summed E-state index contributed by atoms with van der Waals surface area (Å²) in [5.74, 6) is 3.36. The molecule has 0 amide bonds. The largest absolute Gasteiger partial charge is 0.494 e. The molecule has 1 aromatic rings. The van der Waals surface area contributed by atoms with Crippen LogP contribution in [0.25, 0.3) is 0 Å². The molecule has 0 aliphatic rings. The summed E-state index contributed by atoms with van der Waals surface area (Å²) in [5, 5.41) is 11.4. The van der Waals surface area contributed by atoms with Gasteiger partial charge in [-0.05, 0) is 35.6 Å². The van der Waals surface area contributed by atoms with Crippen LogP contribution in [0.1, 0.15) is 18.9 Å². The van der Waals surface area contributed by atoms with Crippen LogP contribution in [0.15, 0.2) is 29.4 Å². The number of nitrogens with two attached hydrogens (primary N) is 1. The van der Waals surface area contributed by atoms with Crippen molar-refractivity contribution >= 4 is 17.6 Å². The van der Waals surface area contributed by atoms with Crippen LogP contribution in [0, 0.1) is 0 Å². The van der Waals surface area contributed by atoms with Crippen LogP contribution in [0.3, 0.4) is 0 Å². The van der Waals surface area contributed by atoms with E-state index in [0.717, 1.165) is 35.8 Å². The molecular weight excluding hydrogens is 248 g/mol. The maximum atomic E-state index is 8.47. The van der Waals surface area contributed by atoms with Gasteiger partial charge in [0.1, 0.15) is 11.6 Å². The van der Waals surface area contributed by atoms with E-state index < -0.39 is 0 Å². The maximum Gasteiger partial charge on any atom is 0.143 e. The standard InChI is InChI=1S/C13H20N2O2S/c1-2-18-9-3-8-17-12-6-4-11(5-7-12)10-13(14)15-16/h4-7,16H,2-3,8-10H2,1H3,(H2,14,15). The Labute approximate surface area is 112 Å². The summed E-state index contributed by atoms with van der Waals surface area (Å²) >= 11 is 1.92. The minimum Gasteiger partial charge on any atom is -0.494 e. The summed E-state index contributed by atoms with van der Waals surface area (Å²) in [7, 11) is 0. The highest BCUT2D eigenvalue weighted by Gasteiger charge is 1.99. The van der Waals surface area contributed by atoms with Crippen LogP contribution >= 0.6 is 11.8 Å². The number of ether oxygens (including phenoxy) is 1. The van der Waals surface area contributed by atoms with Crippen molar-refractivity contribution in [2.24, 2.45) is 10.9 Å². The maximum absolute atomic E-state index is 8.47. The topological polar surface area (TPSA) is 67.8 Å². The number of hydrogen-bond donors (Lipinski definition) is 2. The average molecular weight is 268 g/mol. The number of benzene rings is 1. The normalized spacial score (nSPS) is 11.5. The van der Waals surface area contributed by atoms with Crippen molar-refractivity contribution < 1.29 is 9.94 Å². The molecule has 0 saturated carbocycles. The molecule has 100 valence electrons. The van der Waals surface area contributed by atoms with E-state index >= 15 is 0 Å². The smallest absolute Gasteiger partial charge is 0.143 e. The summed E-state index contributed by atoms with van der Waals surface area (Å²) in [6.45, 7) is 2.90. The first-order valence-corrected chi connectivity index (χ1v) is 7.17. The van der Waals surface area contributed by atoms with Crippen molar-refractivity contribution in [3.8, 4) is 5.75 Å². The minimum atomic E-state index is 0.209. The van der Waals surface area contributed by atoms with Crippen molar-refractivity contribution in [2.75, 3.05) is 18.1 Å².